The number of hydrogen-bond donors (Lipinski definition) is 0. The summed E-state index contributed by atoms with van der Waals surface area (Å²) in [4.78, 5) is 15.2. The highest BCUT2D eigenvalue weighted by Crippen LogP contribution is 2.31. The van der Waals surface area contributed by atoms with Crippen LogP contribution in [0.5, 0.6) is 5.75 Å². The van der Waals surface area contributed by atoms with Gasteiger partial charge in [0.15, 0.2) is 9.84 Å². The second-order valence-electron chi connectivity index (χ2n) is 7.74. The van der Waals surface area contributed by atoms with Gasteiger partial charge in [0, 0.05) is 24.1 Å². The topological polar surface area (TPSA) is 89.7 Å². The predicted molar refractivity (Wildman–Crippen MR) is 116 cm³/mol. The van der Waals surface area contributed by atoms with Gasteiger partial charge in [-0.3, -0.25) is 4.79 Å². The number of aromatic nitrogens is 1. The standard InChI is InChI=1S/C23H24N2O5S/c1-15-21(16(2)30-24-15)14-29-19-8-4-6-18(12-19)23(26)25-11-5-7-17-13-20(31(3,27)28)9-10-22(17)25/h4,6,8-10,12-13H,5,7,11,14H2,1-3H3. The molecule has 4 rings (SSSR count). The fraction of sp³-hybridized carbons (Fsp3) is 0.304. The van der Waals surface area contributed by atoms with Crippen molar-refractivity contribution < 1.29 is 22.5 Å². The first-order valence-corrected chi connectivity index (χ1v) is 11.9. The molecule has 0 aliphatic carbocycles. The van der Waals surface area contributed by atoms with Gasteiger partial charge in [-0.15, -0.1) is 0 Å². The first kappa shape index (κ1) is 21.1. The number of benzene rings is 2. The summed E-state index contributed by atoms with van der Waals surface area (Å²) >= 11 is 0. The monoisotopic (exact) mass is 440 g/mol. The lowest BCUT2D eigenvalue weighted by Crippen LogP contribution is -2.35. The van der Waals surface area contributed by atoms with Crippen molar-refractivity contribution in [2.75, 3.05) is 17.7 Å². The van der Waals surface area contributed by atoms with E-state index in [2.05, 4.69) is 5.16 Å². The number of ether oxygens (including phenoxy) is 1. The summed E-state index contributed by atoms with van der Waals surface area (Å²) in [6, 6.07) is 12.0. The third-order valence-corrected chi connectivity index (χ3v) is 6.60. The highest BCUT2D eigenvalue weighted by molar-refractivity contribution is 7.90. The Morgan fingerprint density at radius 3 is 2.71 bits per heavy atom. The average molecular weight is 441 g/mol. The third kappa shape index (κ3) is 4.34. The van der Waals surface area contributed by atoms with Gasteiger partial charge in [0.2, 0.25) is 0 Å². The molecule has 0 radical (unpaired) electrons. The molecule has 0 atom stereocenters. The molecule has 162 valence electrons. The van der Waals surface area contributed by atoms with Crippen LogP contribution in [0.4, 0.5) is 5.69 Å². The van der Waals surface area contributed by atoms with E-state index in [1.165, 1.54) is 6.26 Å². The summed E-state index contributed by atoms with van der Waals surface area (Å²) < 4.78 is 34.8. The van der Waals surface area contributed by atoms with Gasteiger partial charge in [0.05, 0.1) is 16.2 Å². The van der Waals surface area contributed by atoms with Gasteiger partial charge in [-0.2, -0.15) is 0 Å². The Morgan fingerprint density at radius 1 is 1.19 bits per heavy atom. The summed E-state index contributed by atoms with van der Waals surface area (Å²) in [5.74, 6) is 1.15. The number of anilines is 1. The van der Waals surface area contributed by atoms with E-state index in [1.54, 1.807) is 47.4 Å². The number of nitrogens with zero attached hydrogens (tertiary/aromatic N) is 2. The molecule has 0 saturated carbocycles. The summed E-state index contributed by atoms with van der Waals surface area (Å²) in [5.41, 5.74) is 3.81. The van der Waals surface area contributed by atoms with Crippen LogP contribution in [0, 0.1) is 13.8 Å². The minimum Gasteiger partial charge on any atom is -0.489 e. The summed E-state index contributed by atoms with van der Waals surface area (Å²) in [5, 5.41) is 3.92. The number of hydrogen-bond acceptors (Lipinski definition) is 6. The Bertz CT molecular complexity index is 1230. The normalized spacial score (nSPS) is 13.7. The van der Waals surface area contributed by atoms with E-state index in [1.807, 2.05) is 13.8 Å². The third-order valence-electron chi connectivity index (χ3n) is 5.49. The number of aryl methyl sites for hydroxylation is 3. The van der Waals surface area contributed by atoms with E-state index in [0.717, 1.165) is 35.3 Å². The first-order valence-electron chi connectivity index (χ1n) is 10.0. The van der Waals surface area contributed by atoms with Crippen LogP contribution < -0.4 is 9.64 Å². The Morgan fingerprint density at radius 2 is 2.00 bits per heavy atom. The van der Waals surface area contributed by atoms with Crippen LogP contribution in [0.3, 0.4) is 0 Å². The molecule has 0 spiro atoms. The van der Waals surface area contributed by atoms with E-state index in [4.69, 9.17) is 9.26 Å². The number of carbonyl (C=O) groups excluding carboxylic acids is 1. The van der Waals surface area contributed by atoms with Gasteiger partial charge < -0.3 is 14.2 Å². The lowest BCUT2D eigenvalue weighted by molar-refractivity contribution is 0.0984. The Kier molecular flexibility index (Phi) is 5.58. The second kappa shape index (κ2) is 8.19. The van der Waals surface area contributed by atoms with Crippen LogP contribution >= 0.6 is 0 Å². The molecule has 2 heterocycles. The molecule has 0 unspecified atom stereocenters. The minimum atomic E-state index is -3.29. The molecule has 2 aromatic carbocycles. The molecule has 3 aromatic rings. The molecular formula is C23H24N2O5S. The van der Waals surface area contributed by atoms with Crippen molar-refractivity contribution in [1.29, 1.82) is 0 Å². The van der Waals surface area contributed by atoms with E-state index in [0.29, 0.717) is 30.2 Å². The number of carbonyl (C=O) groups is 1. The second-order valence-corrected chi connectivity index (χ2v) is 9.76. The zero-order valence-corrected chi connectivity index (χ0v) is 18.5. The highest BCUT2D eigenvalue weighted by atomic mass is 32.2. The smallest absolute Gasteiger partial charge is 0.258 e. The van der Waals surface area contributed by atoms with E-state index in [-0.39, 0.29) is 10.8 Å². The summed E-state index contributed by atoms with van der Waals surface area (Å²) in [7, 11) is -3.29. The molecule has 0 saturated heterocycles. The van der Waals surface area contributed by atoms with Crippen LogP contribution in [0.2, 0.25) is 0 Å². The Balaban J connectivity index is 1.56. The first-order chi connectivity index (χ1) is 14.7. The fourth-order valence-electron chi connectivity index (χ4n) is 3.75. The van der Waals surface area contributed by atoms with Gasteiger partial charge in [-0.05, 0) is 68.7 Å². The van der Waals surface area contributed by atoms with Crippen LogP contribution in [0.1, 0.15) is 39.4 Å². The summed E-state index contributed by atoms with van der Waals surface area (Å²) in [6.07, 6.45) is 2.70. The molecule has 0 bridgehead atoms. The van der Waals surface area contributed by atoms with Gasteiger partial charge in [0.1, 0.15) is 18.1 Å². The Hall–Kier alpha value is -3.13. The maximum atomic E-state index is 13.3. The maximum Gasteiger partial charge on any atom is 0.258 e. The van der Waals surface area contributed by atoms with Crippen molar-refractivity contribution in [3.8, 4) is 5.75 Å². The SMILES string of the molecule is Cc1noc(C)c1COc1cccc(C(=O)N2CCCc3cc(S(C)(=O)=O)ccc32)c1. The molecular weight excluding hydrogens is 416 g/mol. The van der Waals surface area contributed by atoms with Crippen LogP contribution in [-0.4, -0.2) is 32.3 Å². The van der Waals surface area contributed by atoms with Gasteiger partial charge in [-0.25, -0.2) is 8.42 Å². The van der Waals surface area contributed by atoms with E-state index < -0.39 is 9.84 Å². The molecule has 8 heteroatoms. The number of sulfone groups is 1. The van der Waals surface area contributed by atoms with Gasteiger partial charge in [-0.1, -0.05) is 11.2 Å². The predicted octanol–water partition coefficient (Wildman–Crippen LogP) is 3.87. The molecule has 1 amide bonds. The lowest BCUT2D eigenvalue weighted by atomic mass is 10.0. The zero-order chi connectivity index (χ0) is 22.2. The van der Waals surface area contributed by atoms with Crippen LogP contribution in [0.25, 0.3) is 0 Å². The zero-order valence-electron chi connectivity index (χ0n) is 17.7. The molecule has 1 aliphatic rings. The fourth-order valence-corrected chi connectivity index (χ4v) is 4.42. The van der Waals surface area contributed by atoms with Crippen molar-refractivity contribution in [2.45, 2.75) is 38.2 Å². The summed E-state index contributed by atoms with van der Waals surface area (Å²) in [6.45, 7) is 4.58. The molecule has 31 heavy (non-hydrogen) atoms. The van der Waals surface area contributed by atoms with Crippen molar-refractivity contribution in [3.63, 3.8) is 0 Å². The van der Waals surface area contributed by atoms with Crippen LogP contribution in [0.15, 0.2) is 51.9 Å². The Labute approximate surface area is 181 Å². The quantitative estimate of drug-likeness (QED) is 0.598. The molecule has 0 N–H and O–H groups in total. The molecule has 7 nitrogen and oxygen atoms in total. The van der Waals surface area contributed by atoms with Crippen molar-refractivity contribution in [1.82, 2.24) is 5.16 Å². The molecule has 1 aromatic heterocycles. The van der Waals surface area contributed by atoms with E-state index >= 15 is 0 Å². The number of amides is 1. The largest absolute Gasteiger partial charge is 0.489 e. The van der Waals surface area contributed by atoms with Gasteiger partial charge in [0.25, 0.3) is 5.91 Å². The maximum absolute atomic E-state index is 13.3. The van der Waals surface area contributed by atoms with Crippen molar-refractivity contribution >= 4 is 21.4 Å². The highest BCUT2D eigenvalue weighted by Gasteiger charge is 2.25. The lowest BCUT2D eigenvalue weighted by Gasteiger charge is -2.30. The minimum absolute atomic E-state index is 0.143. The van der Waals surface area contributed by atoms with Gasteiger partial charge >= 0.3 is 0 Å². The van der Waals surface area contributed by atoms with Crippen molar-refractivity contribution in [2.24, 2.45) is 0 Å². The average Bonchev–Trinajstić information content (AvgIpc) is 3.07. The molecule has 0 fully saturated rings. The van der Waals surface area contributed by atoms with Crippen LogP contribution in [-0.2, 0) is 22.9 Å². The molecule has 1 aliphatic heterocycles. The van der Waals surface area contributed by atoms with E-state index in [9.17, 15) is 13.2 Å². The number of fused-ring (bicyclic) bond motifs is 1. The van der Waals surface area contributed by atoms with Crippen molar-refractivity contribution in [3.05, 3.63) is 70.6 Å². The number of rotatable bonds is 5.